The first-order chi connectivity index (χ1) is 5.55. The topological polar surface area (TPSA) is 49.4 Å². The molecule has 3 amide bonds. The number of imide groups is 1. The molecule has 1 heterocycles. The molecule has 0 bridgehead atoms. The maximum absolute atomic E-state index is 11.5. The van der Waals surface area contributed by atoms with Gasteiger partial charge in [0.25, 0.3) is 5.91 Å². The van der Waals surface area contributed by atoms with Gasteiger partial charge in [-0.05, 0) is 13.8 Å². The molecule has 12 heavy (non-hydrogen) atoms. The molecule has 68 valence electrons. The van der Waals surface area contributed by atoms with Crippen LogP contribution in [0.4, 0.5) is 4.79 Å². The average Bonchev–Trinajstić information content (AvgIpc) is 2.25. The number of hydrogen-bond donors (Lipinski definition) is 2. The van der Waals surface area contributed by atoms with Crippen LogP contribution in [0.3, 0.4) is 0 Å². The number of urea groups is 1. The smallest absolute Gasteiger partial charge is 0.323 e. The van der Waals surface area contributed by atoms with E-state index in [1.807, 2.05) is 0 Å². The fourth-order valence-corrected chi connectivity index (χ4v) is 1.36. The Kier molecular flexibility index (Phi) is 2.32. The summed E-state index contributed by atoms with van der Waals surface area (Å²) in [4.78, 5) is 23.8. The molecule has 0 aliphatic carbocycles. The predicted octanol–water partition coefficient (Wildman–Crippen LogP) is 0.247. The van der Waals surface area contributed by atoms with Gasteiger partial charge in [0.15, 0.2) is 0 Å². The van der Waals surface area contributed by atoms with Gasteiger partial charge in [0.2, 0.25) is 0 Å². The standard InChI is InChI=1S/C7H12N2O2S/c1-3-9-5(10)7(2,4-12)8-6(9)11/h12H,3-4H2,1-2H3,(H,8,11). The van der Waals surface area contributed by atoms with E-state index in [9.17, 15) is 9.59 Å². The Balaban J connectivity index is 2.89. The first-order valence-electron chi connectivity index (χ1n) is 3.80. The van der Waals surface area contributed by atoms with Gasteiger partial charge in [0.05, 0.1) is 0 Å². The lowest BCUT2D eigenvalue weighted by Crippen LogP contribution is -2.45. The van der Waals surface area contributed by atoms with Crippen LogP contribution in [0.5, 0.6) is 0 Å². The van der Waals surface area contributed by atoms with Crippen molar-refractivity contribution in [1.29, 1.82) is 0 Å². The highest BCUT2D eigenvalue weighted by atomic mass is 32.1. The maximum atomic E-state index is 11.5. The molecule has 4 nitrogen and oxygen atoms in total. The molecule has 0 aromatic rings. The van der Waals surface area contributed by atoms with Gasteiger partial charge in [0.1, 0.15) is 5.54 Å². The van der Waals surface area contributed by atoms with E-state index in [2.05, 4.69) is 17.9 Å². The van der Waals surface area contributed by atoms with Crippen molar-refractivity contribution in [2.75, 3.05) is 12.3 Å². The van der Waals surface area contributed by atoms with Gasteiger partial charge in [-0.15, -0.1) is 0 Å². The van der Waals surface area contributed by atoms with Gasteiger partial charge in [-0.2, -0.15) is 12.6 Å². The summed E-state index contributed by atoms with van der Waals surface area (Å²) in [5.41, 5.74) is -0.809. The predicted molar refractivity (Wildman–Crippen MR) is 48.2 cm³/mol. The fraction of sp³-hybridized carbons (Fsp3) is 0.714. The average molecular weight is 188 g/mol. The zero-order valence-corrected chi connectivity index (χ0v) is 8.02. The lowest BCUT2D eigenvalue weighted by Gasteiger charge is -2.17. The number of thiol groups is 1. The number of carbonyl (C=O) groups excluding carboxylic acids is 2. The van der Waals surface area contributed by atoms with Crippen molar-refractivity contribution in [3.63, 3.8) is 0 Å². The second-order valence-electron chi connectivity index (χ2n) is 2.97. The third-order valence-corrected chi connectivity index (χ3v) is 2.61. The van der Waals surface area contributed by atoms with E-state index < -0.39 is 5.54 Å². The summed E-state index contributed by atoms with van der Waals surface area (Å²) in [6, 6.07) is -0.320. The summed E-state index contributed by atoms with van der Waals surface area (Å²) in [6.07, 6.45) is 0. The van der Waals surface area contributed by atoms with E-state index in [-0.39, 0.29) is 11.9 Å². The molecule has 1 rings (SSSR count). The third kappa shape index (κ3) is 1.18. The minimum atomic E-state index is -0.809. The van der Waals surface area contributed by atoms with Crippen molar-refractivity contribution >= 4 is 24.6 Å². The number of hydrogen-bond acceptors (Lipinski definition) is 3. The van der Waals surface area contributed by atoms with Crippen LogP contribution in [0.15, 0.2) is 0 Å². The highest BCUT2D eigenvalue weighted by Crippen LogP contribution is 2.17. The van der Waals surface area contributed by atoms with Gasteiger partial charge in [0, 0.05) is 12.3 Å². The molecule has 1 aliphatic rings. The minimum absolute atomic E-state index is 0.190. The molecular formula is C7H12N2O2S. The van der Waals surface area contributed by atoms with Crippen LogP contribution in [-0.4, -0.2) is 34.7 Å². The van der Waals surface area contributed by atoms with Gasteiger partial charge in [-0.25, -0.2) is 4.79 Å². The Morgan fingerprint density at radius 2 is 2.17 bits per heavy atom. The van der Waals surface area contributed by atoms with Crippen molar-refractivity contribution < 1.29 is 9.59 Å². The first-order valence-corrected chi connectivity index (χ1v) is 4.43. The number of rotatable bonds is 2. The molecule has 1 fully saturated rings. The van der Waals surface area contributed by atoms with Gasteiger partial charge in [-0.3, -0.25) is 9.69 Å². The summed E-state index contributed by atoms with van der Waals surface area (Å²) in [5.74, 6) is 0.138. The summed E-state index contributed by atoms with van der Waals surface area (Å²) < 4.78 is 0. The second-order valence-corrected chi connectivity index (χ2v) is 3.29. The second kappa shape index (κ2) is 2.97. The summed E-state index contributed by atoms with van der Waals surface area (Å²) in [6.45, 7) is 3.85. The Labute approximate surface area is 76.7 Å². The van der Waals surface area contributed by atoms with E-state index >= 15 is 0 Å². The van der Waals surface area contributed by atoms with Crippen molar-refractivity contribution in [1.82, 2.24) is 10.2 Å². The third-order valence-electron chi connectivity index (χ3n) is 1.98. The zero-order valence-electron chi connectivity index (χ0n) is 7.13. The quantitative estimate of drug-likeness (QED) is 0.482. The van der Waals surface area contributed by atoms with Crippen LogP contribution in [0.1, 0.15) is 13.8 Å². The van der Waals surface area contributed by atoms with E-state index in [0.29, 0.717) is 12.3 Å². The summed E-state index contributed by atoms with van der Waals surface area (Å²) >= 11 is 4.02. The highest BCUT2D eigenvalue weighted by Gasteiger charge is 2.45. The normalized spacial score (nSPS) is 29.4. The van der Waals surface area contributed by atoms with Crippen LogP contribution < -0.4 is 5.32 Å². The number of carbonyl (C=O) groups is 2. The molecule has 0 radical (unpaired) electrons. The Morgan fingerprint density at radius 1 is 1.58 bits per heavy atom. The molecular weight excluding hydrogens is 176 g/mol. The minimum Gasteiger partial charge on any atom is -0.323 e. The lowest BCUT2D eigenvalue weighted by molar-refractivity contribution is -0.129. The monoisotopic (exact) mass is 188 g/mol. The van der Waals surface area contributed by atoms with Crippen LogP contribution in [-0.2, 0) is 4.79 Å². The van der Waals surface area contributed by atoms with E-state index in [1.54, 1.807) is 13.8 Å². The van der Waals surface area contributed by atoms with Crippen molar-refractivity contribution in [2.24, 2.45) is 0 Å². The molecule has 1 aliphatic heterocycles. The SMILES string of the molecule is CCN1C(=O)NC(C)(CS)C1=O. The Bertz CT molecular complexity index is 231. The van der Waals surface area contributed by atoms with Gasteiger partial charge < -0.3 is 5.32 Å². The van der Waals surface area contributed by atoms with E-state index in [4.69, 9.17) is 0 Å². The van der Waals surface area contributed by atoms with E-state index in [0.717, 1.165) is 0 Å². The molecule has 1 unspecified atom stereocenters. The molecule has 1 saturated heterocycles. The molecule has 0 aromatic heterocycles. The molecule has 0 saturated carbocycles. The molecule has 1 atom stereocenters. The van der Waals surface area contributed by atoms with Crippen LogP contribution in [0.2, 0.25) is 0 Å². The highest BCUT2D eigenvalue weighted by molar-refractivity contribution is 7.80. The Hall–Kier alpha value is -0.710. The van der Waals surface area contributed by atoms with Crippen molar-refractivity contribution in [3.8, 4) is 0 Å². The first kappa shape index (κ1) is 9.38. The number of nitrogens with one attached hydrogen (secondary N) is 1. The Morgan fingerprint density at radius 3 is 2.42 bits per heavy atom. The van der Waals surface area contributed by atoms with E-state index in [1.165, 1.54) is 4.90 Å². The van der Waals surface area contributed by atoms with Crippen LogP contribution >= 0.6 is 12.6 Å². The van der Waals surface area contributed by atoms with Gasteiger partial charge >= 0.3 is 6.03 Å². The largest absolute Gasteiger partial charge is 0.325 e. The summed E-state index contributed by atoms with van der Waals surface area (Å²) in [7, 11) is 0. The van der Waals surface area contributed by atoms with Crippen molar-refractivity contribution in [3.05, 3.63) is 0 Å². The van der Waals surface area contributed by atoms with Gasteiger partial charge in [-0.1, -0.05) is 0 Å². The lowest BCUT2D eigenvalue weighted by atomic mass is 10.1. The fourth-order valence-electron chi connectivity index (χ4n) is 1.14. The van der Waals surface area contributed by atoms with Crippen molar-refractivity contribution in [2.45, 2.75) is 19.4 Å². The summed E-state index contributed by atoms with van der Waals surface area (Å²) in [5, 5.41) is 2.59. The maximum Gasteiger partial charge on any atom is 0.325 e. The number of amides is 3. The molecule has 1 N–H and O–H groups in total. The molecule has 0 aromatic carbocycles. The zero-order chi connectivity index (χ0) is 9.35. The van der Waals surface area contributed by atoms with Crippen LogP contribution in [0, 0.1) is 0 Å². The molecule has 0 spiro atoms. The number of likely N-dealkylation sites (N-methyl/N-ethyl adjacent to an activating group) is 1. The van der Waals surface area contributed by atoms with Crippen LogP contribution in [0.25, 0.3) is 0 Å². The molecule has 5 heteroatoms. The number of nitrogens with zero attached hydrogens (tertiary/aromatic N) is 1.